The van der Waals surface area contributed by atoms with Crippen LogP contribution in [-0.4, -0.2) is 15.9 Å². The van der Waals surface area contributed by atoms with Crippen molar-refractivity contribution in [3.05, 3.63) is 35.7 Å². The van der Waals surface area contributed by atoms with Crippen LogP contribution in [0.25, 0.3) is 11.4 Å². The van der Waals surface area contributed by atoms with Crippen molar-refractivity contribution in [3.8, 4) is 11.4 Å². The molecular formula is C11H10N2O2. The second-order valence-electron chi connectivity index (χ2n) is 3.27. The molecule has 0 aliphatic carbocycles. The maximum absolute atomic E-state index is 11.0. The molecule has 0 spiro atoms. The molecule has 0 atom stereocenters. The van der Waals surface area contributed by atoms with Crippen molar-refractivity contribution < 1.29 is 9.32 Å². The van der Waals surface area contributed by atoms with Gasteiger partial charge in [-0.1, -0.05) is 29.4 Å². The number of aryl methyl sites for hydroxylation is 1. The van der Waals surface area contributed by atoms with E-state index in [0.717, 1.165) is 5.56 Å². The highest BCUT2D eigenvalue weighted by Crippen LogP contribution is 2.16. The molecule has 0 aliphatic rings. The van der Waals surface area contributed by atoms with Gasteiger partial charge in [0, 0.05) is 18.1 Å². The van der Waals surface area contributed by atoms with Crippen molar-refractivity contribution in [2.75, 3.05) is 0 Å². The summed E-state index contributed by atoms with van der Waals surface area (Å²) in [5.41, 5.74) is 1.52. The summed E-state index contributed by atoms with van der Waals surface area (Å²) in [4.78, 5) is 15.1. The number of carbonyl (C=O) groups excluding carboxylic acids is 1. The van der Waals surface area contributed by atoms with Crippen LogP contribution >= 0.6 is 0 Å². The van der Waals surface area contributed by atoms with Crippen molar-refractivity contribution >= 4 is 5.78 Å². The second kappa shape index (κ2) is 3.65. The van der Waals surface area contributed by atoms with Crippen molar-refractivity contribution in [1.82, 2.24) is 10.1 Å². The number of aromatic nitrogens is 2. The molecule has 0 saturated heterocycles. The van der Waals surface area contributed by atoms with Gasteiger partial charge in [-0.2, -0.15) is 4.98 Å². The summed E-state index contributed by atoms with van der Waals surface area (Å²) in [6.07, 6.45) is 0. The van der Waals surface area contributed by atoms with Crippen LogP contribution in [0, 0.1) is 6.92 Å². The fourth-order valence-corrected chi connectivity index (χ4v) is 1.27. The molecule has 0 radical (unpaired) electrons. The molecule has 4 nitrogen and oxygen atoms in total. The van der Waals surface area contributed by atoms with Gasteiger partial charge in [0.05, 0.1) is 0 Å². The zero-order valence-corrected chi connectivity index (χ0v) is 8.52. The van der Waals surface area contributed by atoms with Gasteiger partial charge < -0.3 is 4.52 Å². The molecule has 0 aliphatic heterocycles. The Labute approximate surface area is 86.9 Å². The van der Waals surface area contributed by atoms with E-state index in [0.29, 0.717) is 17.3 Å². The Morgan fingerprint density at radius 2 is 1.93 bits per heavy atom. The summed E-state index contributed by atoms with van der Waals surface area (Å²) in [6.45, 7) is 3.27. The van der Waals surface area contributed by atoms with Gasteiger partial charge in [0.15, 0.2) is 5.78 Å². The lowest BCUT2D eigenvalue weighted by Gasteiger charge is -1.96. The Bertz CT molecular complexity index is 486. The number of carbonyl (C=O) groups is 1. The zero-order chi connectivity index (χ0) is 10.8. The monoisotopic (exact) mass is 202 g/mol. The minimum Gasteiger partial charge on any atom is -0.339 e. The predicted molar refractivity (Wildman–Crippen MR) is 54.5 cm³/mol. The maximum atomic E-state index is 11.0. The van der Waals surface area contributed by atoms with Gasteiger partial charge >= 0.3 is 0 Å². The quantitative estimate of drug-likeness (QED) is 0.701. The molecule has 0 saturated carbocycles. The summed E-state index contributed by atoms with van der Waals surface area (Å²) in [5, 5.41) is 3.79. The highest BCUT2D eigenvalue weighted by molar-refractivity contribution is 5.94. The number of hydrogen-bond donors (Lipinski definition) is 0. The molecule has 4 heteroatoms. The summed E-state index contributed by atoms with van der Waals surface area (Å²) in [6, 6.07) is 7.12. The summed E-state index contributed by atoms with van der Waals surface area (Å²) >= 11 is 0. The van der Waals surface area contributed by atoms with E-state index >= 15 is 0 Å². The Morgan fingerprint density at radius 1 is 1.27 bits per heavy atom. The smallest absolute Gasteiger partial charge is 0.223 e. The number of ketones is 1. The Balaban J connectivity index is 2.35. The third-order valence-corrected chi connectivity index (χ3v) is 2.08. The molecule has 15 heavy (non-hydrogen) atoms. The van der Waals surface area contributed by atoms with Gasteiger partial charge in [-0.25, -0.2) is 0 Å². The molecule has 1 aromatic carbocycles. The first-order valence-corrected chi connectivity index (χ1v) is 4.58. The topological polar surface area (TPSA) is 56.0 Å². The second-order valence-corrected chi connectivity index (χ2v) is 3.27. The maximum Gasteiger partial charge on any atom is 0.223 e. The van der Waals surface area contributed by atoms with Crippen LogP contribution < -0.4 is 0 Å². The third kappa shape index (κ3) is 1.93. The van der Waals surface area contributed by atoms with Gasteiger partial charge in [0.25, 0.3) is 0 Å². The summed E-state index contributed by atoms with van der Waals surface area (Å²) in [7, 11) is 0. The van der Waals surface area contributed by atoms with Gasteiger partial charge in [-0.15, -0.1) is 0 Å². The van der Waals surface area contributed by atoms with E-state index in [4.69, 9.17) is 4.52 Å². The normalized spacial score (nSPS) is 10.3. The van der Waals surface area contributed by atoms with Crippen molar-refractivity contribution in [3.63, 3.8) is 0 Å². The average molecular weight is 202 g/mol. The first-order chi connectivity index (χ1) is 7.16. The van der Waals surface area contributed by atoms with Gasteiger partial charge in [0.1, 0.15) is 0 Å². The fourth-order valence-electron chi connectivity index (χ4n) is 1.27. The molecule has 1 heterocycles. The lowest BCUT2D eigenvalue weighted by Crippen LogP contribution is -1.91. The van der Waals surface area contributed by atoms with E-state index in [2.05, 4.69) is 10.1 Å². The highest BCUT2D eigenvalue weighted by Gasteiger charge is 2.06. The van der Waals surface area contributed by atoms with Gasteiger partial charge in [-0.05, 0) is 6.92 Å². The SMILES string of the molecule is CC(=O)c1ccc(-c2noc(C)n2)cc1. The molecule has 0 bridgehead atoms. The number of benzene rings is 1. The molecular weight excluding hydrogens is 192 g/mol. The third-order valence-electron chi connectivity index (χ3n) is 2.08. The Hall–Kier alpha value is -1.97. The molecule has 2 aromatic rings. The fraction of sp³-hybridized carbons (Fsp3) is 0.182. The molecule has 0 fully saturated rings. The Morgan fingerprint density at radius 3 is 2.40 bits per heavy atom. The van der Waals surface area contributed by atoms with Crippen LogP contribution in [0.5, 0.6) is 0 Å². The van der Waals surface area contributed by atoms with E-state index < -0.39 is 0 Å². The van der Waals surface area contributed by atoms with Crippen LogP contribution in [0.3, 0.4) is 0 Å². The largest absolute Gasteiger partial charge is 0.339 e. The molecule has 0 unspecified atom stereocenters. The van der Waals surface area contributed by atoms with Crippen molar-refractivity contribution in [1.29, 1.82) is 0 Å². The van der Waals surface area contributed by atoms with Crippen LogP contribution in [-0.2, 0) is 0 Å². The predicted octanol–water partition coefficient (Wildman–Crippen LogP) is 2.25. The van der Waals surface area contributed by atoms with Gasteiger partial charge in [0.2, 0.25) is 11.7 Å². The number of Topliss-reactive ketones (excluding diaryl/α,β-unsaturated/α-hetero) is 1. The van der Waals surface area contributed by atoms with E-state index in [1.165, 1.54) is 6.92 Å². The number of nitrogens with zero attached hydrogens (tertiary/aromatic N) is 2. The standard InChI is InChI=1S/C11H10N2O2/c1-7(14)9-3-5-10(6-4-9)11-12-8(2)15-13-11/h3-6H,1-2H3. The lowest BCUT2D eigenvalue weighted by molar-refractivity contribution is 0.101. The van der Waals surface area contributed by atoms with Gasteiger partial charge in [-0.3, -0.25) is 4.79 Å². The van der Waals surface area contributed by atoms with Crippen molar-refractivity contribution in [2.24, 2.45) is 0 Å². The zero-order valence-electron chi connectivity index (χ0n) is 8.52. The number of hydrogen-bond acceptors (Lipinski definition) is 4. The van der Waals surface area contributed by atoms with E-state index in [1.54, 1.807) is 31.2 Å². The summed E-state index contributed by atoms with van der Waals surface area (Å²) < 4.78 is 4.87. The molecule has 76 valence electrons. The molecule has 0 N–H and O–H groups in total. The first-order valence-electron chi connectivity index (χ1n) is 4.58. The first kappa shape index (κ1) is 9.58. The lowest BCUT2D eigenvalue weighted by atomic mass is 10.1. The molecule has 1 aromatic heterocycles. The van der Waals surface area contributed by atoms with Crippen LogP contribution in [0.2, 0.25) is 0 Å². The van der Waals surface area contributed by atoms with Crippen LogP contribution in [0.1, 0.15) is 23.2 Å². The van der Waals surface area contributed by atoms with E-state index in [1.807, 2.05) is 0 Å². The Kier molecular flexibility index (Phi) is 2.33. The van der Waals surface area contributed by atoms with Crippen molar-refractivity contribution in [2.45, 2.75) is 13.8 Å². The van der Waals surface area contributed by atoms with E-state index in [9.17, 15) is 4.79 Å². The minimum atomic E-state index is 0.0471. The van der Waals surface area contributed by atoms with E-state index in [-0.39, 0.29) is 5.78 Å². The molecule has 2 rings (SSSR count). The van der Waals surface area contributed by atoms with Crippen LogP contribution in [0.4, 0.5) is 0 Å². The summed E-state index contributed by atoms with van der Waals surface area (Å²) in [5.74, 6) is 1.12. The minimum absolute atomic E-state index is 0.0471. The number of rotatable bonds is 2. The molecule has 0 amide bonds. The highest BCUT2D eigenvalue weighted by atomic mass is 16.5. The van der Waals surface area contributed by atoms with Crippen LogP contribution in [0.15, 0.2) is 28.8 Å². The average Bonchev–Trinajstić information content (AvgIpc) is 2.65.